The fourth-order valence-electron chi connectivity index (χ4n) is 2.09. The SMILES string of the molecule is NC(=O)C1=CC=C2OCCN(C(N)=O)CC2C1. The number of urea groups is 1. The summed E-state index contributed by atoms with van der Waals surface area (Å²) in [6.07, 6.45) is 3.91. The Morgan fingerprint density at radius 3 is 2.76 bits per heavy atom. The number of nitrogens with two attached hydrogens (primary N) is 2. The van der Waals surface area contributed by atoms with Gasteiger partial charge in [0.25, 0.3) is 0 Å². The highest BCUT2D eigenvalue weighted by Crippen LogP contribution is 2.28. The first-order valence-electron chi connectivity index (χ1n) is 5.45. The summed E-state index contributed by atoms with van der Waals surface area (Å²) >= 11 is 0. The fraction of sp³-hybridized carbons (Fsp3) is 0.455. The van der Waals surface area contributed by atoms with Gasteiger partial charge in [0.1, 0.15) is 12.4 Å². The van der Waals surface area contributed by atoms with Crippen LogP contribution >= 0.6 is 0 Å². The van der Waals surface area contributed by atoms with E-state index in [0.29, 0.717) is 31.7 Å². The van der Waals surface area contributed by atoms with Gasteiger partial charge in [-0.1, -0.05) is 6.08 Å². The summed E-state index contributed by atoms with van der Waals surface area (Å²) in [5.74, 6) is 0.325. The molecule has 1 atom stereocenters. The van der Waals surface area contributed by atoms with E-state index in [9.17, 15) is 9.59 Å². The zero-order valence-corrected chi connectivity index (χ0v) is 9.39. The monoisotopic (exact) mass is 237 g/mol. The van der Waals surface area contributed by atoms with Crippen molar-refractivity contribution in [3.8, 4) is 0 Å². The van der Waals surface area contributed by atoms with Crippen LogP contribution in [0, 0.1) is 5.92 Å². The van der Waals surface area contributed by atoms with Crippen molar-refractivity contribution in [1.82, 2.24) is 4.90 Å². The molecule has 6 nitrogen and oxygen atoms in total. The molecule has 0 aromatic heterocycles. The first-order valence-corrected chi connectivity index (χ1v) is 5.45. The van der Waals surface area contributed by atoms with Crippen LogP contribution in [0.3, 0.4) is 0 Å². The molecule has 0 aromatic rings. The molecule has 4 N–H and O–H groups in total. The number of hydrogen-bond acceptors (Lipinski definition) is 3. The molecule has 0 spiro atoms. The quantitative estimate of drug-likeness (QED) is 0.655. The Morgan fingerprint density at radius 1 is 1.35 bits per heavy atom. The van der Waals surface area contributed by atoms with E-state index in [-0.39, 0.29) is 5.92 Å². The second kappa shape index (κ2) is 4.48. The summed E-state index contributed by atoms with van der Waals surface area (Å²) < 4.78 is 5.53. The molecule has 1 saturated heterocycles. The predicted octanol–water partition coefficient (Wildman–Crippen LogP) is -0.287. The predicted molar refractivity (Wildman–Crippen MR) is 60.6 cm³/mol. The Labute approximate surface area is 98.9 Å². The molecule has 6 heteroatoms. The third-order valence-electron chi connectivity index (χ3n) is 3.02. The van der Waals surface area contributed by atoms with Gasteiger partial charge in [0.15, 0.2) is 0 Å². The first kappa shape index (κ1) is 11.5. The van der Waals surface area contributed by atoms with Crippen LogP contribution < -0.4 is 11.5 Å². The van der Waals surface area contributed by atoms with Crippen LogP contribution in [0.4, 0.5) is 4.79 Å². The largest absolute Gasteiger partial charge is 0.496 e. The standard InChI is InChI=1S/C11H15N3O3/c12-10(15)7-1-2-9-8(5-7)6-14(11(13)16)3-4-17-9/h1-2,8H,3-6H2,(H2,12,15)(H2,13,16). The average Bonchev–Trinajstić information content (AvgIpc) is 2.49. The molecule has 1 fully saturated rings. The van der Waals surface area contributed by atoms with Crippen molar-refractivity contribution in [2.75, 3.05) is 19.7 Å². The van der Waals surface area contributed by atoms with Crippen molar-refractivity contribution in [2.45, 2.75) is 6.42 Å². The minimum atomic E-state index is -0.468. The highest BCUT2D eigenvalue weighted by atomic mass is 16.5. The Balaban J connectivity index is 2.16. The van der Waals surface area contributed by atoms with E-state index >= 15 is 0 Å². The molecule has 0 saturated carbocycles. The Bertz CT molecular complexity index is 414. The van der Waals surface area contributed by atoms with Crippen molar-refractivity contribution in [3.63, 3.8) is 0 Å². The summed E-state index contributed by atoms with van der Waals surface area (Å²) in [4.78, 5) is 23.8. The summed E-state index contributed by atoms with van der Waals surface area (Å²) in [5.41, 5.74) is 11.0. The molecule has 3 amide bonds. The second-order valence-electron chi connectivity index (χ2n) is 4.16. The topological polar surface area (TPSA) is 98.7 Å². The molecule has 1 heterocycles. The molecule has 2 aliphatic rings. The maximum atomic E-state index is 11.2. The Hall–Kier alpha value is -1.98. The number of ether oxygens (including phenoxy) is 1. The van der Waals surface area contributed by atoms with Gasteiger partial charge in [-0.25, -0.2) is 4.79 Å². The van der Waals surface area contributed by atoms with Crippen molar-refractivity contribution in [2.24, 2.45) is 17.4 Å². The lowest BCUT2D eigenvalue weighted by molar-refractivity contribution is -0.114. The van der Waals surface area contributed by atoms with Crippen LogP contribution in [0.2, 0.25) is 0 Å². The molecule has 0 aromatic carbocycles. The highest BCUT2D eigenvalue weighted by molar-refractivity contribution is 5.92. The second-order valence-corrected chi connectivity index (χ2v) is 4.16. The van der Waals surface area contributed by atoms with Gasteiger partial charge in [-0.2, -0.15) is 0 Å². The summed E-state index contributed by atoms with van der Waals surface area (Å²) in [6, 6.07) is -0.468. The van der Waals surface area contributed by atoms with Gasteiger partial charge in [0.2, 0.25) is 5.91 Å². The first-order chi connectivity index (χ1) is 8.08. The maximum absolute atomic E-state index is 11.2. The van der Waals surface area contributed by atoms with Gasteiger partial charge in [-0.05, 0) is 12.5 Å². The van der Waals surface area contributed by atoms with Crippen molar-refractivity contribution in [1.29, 1.82) is 0 Å². The van der Waals surface area contributed by atoms with Crippen molar-refractivity contribution in [3.05, 3.63) is 23.5 Å². The maximum Gasteiger partial charge on any atom is 0.314 e. The number of allylic oxidation sites excluding steroid dienone is 2. The number of fused-ring (bicyclic) bond motifs is 1. The number of hydrogen-bond donors (Lipinski definition) is 2. The third-order valence-corrected chi connectivity index (χ3v) is 3.02. The van der Waals surface area contributed by atoms with Gasteiger partial charge in [0, 0.05) is 18.0 Å². The molecule has 2 rings (SSSR count). The van der Waals surface area contributed by atoms with Crippen LogP contribution in [-0.4, -0.2) is 36.5 Å². The molecular formula is C11H15N3O3. The third kappa shape index (κ3) is 2.41. The van der Waals surface area contributed by atoms with Gasteiger partial charge in [-0.3, -0.25) is 4.79 Å². The Kier molecular flexibility index (Phi) is 3.03. The van der Waals surface area contributed by atoms with E-state index in [0.717, 1.165) is 5.76 Å². The smallest absolute Gasteiger partial charge is 0.314 e. The zero-order valence-electron chi connectivity index (χ0n) is 9.39. The number of primary amides is 2. The number of rotatable bonds is 1. The minimum absolute atomic E-state index is 0.0301. The van der Waals surface area contributed by atoms with Crippen LogP contribution in [0.25, 0.3) is 0 Å². The molecule has 17 heavy (non-hydrogen) atoms. The van der Waals surface area contributed by atoms with Gasteiger partial charge in [0.05, 0.1) is 6.54 Å². The minimum Gasteiger partial charge on any atom is -0.496 e. The molecule has 0 radical (unpaired) electrons. The number of carbonyl (C=O) groups is 2. The van der Waals surface area contributed by atoms with E-state index < -0.39 is 11.9 Å². The van der Waals surface area contributed by atoms with Crippen LogP contribution in [-0.2, 0) is 9.53 Å². The van der Waals surface area contributed by atoms with Crippen molar-refractivity contribution >= 4 is 11.9 Å². The van der Waals surface area contributed by atoms with Gasteiger partial charge >= 0.3 is 6.03 Å². The lowest BCUT2D eigenvalue weighted by Gasteiger charge is -2.24. The molecule has 92 valence electrons. The molecule has 0 bridgehead atoms. The molecule has 1 unspecified atom stereocenters. The van der Waals surface area contributed by atoms with Crippen molar-refractivity contribution < 1.29 is 14.3 Å². The number of carbonyl (C=O) groups excluding carboxylic acids is 2. The van der Waals surface area contributed by atoms with E-state index in [1.54, 1.807) is 12.2 Å². The van der Waals surface area contributed by atoms with E-state index in [1.807, 2.05) is 0 Å². The summed E-state index contributed by atoms with van der Waals surface area (Å²) in [6.45, 7) is 1.35. The highest BCUT2D eigenvalue weighted by Gasteiger charge is 2.28. The fourth-order valence-corrected chi connectivity index (χ4v) is 2.09. The average molecular weight is 237 g/mol. The van der Waals surface area contributed by atoms with Gasteiger partial charge in [-0.15, -0.1) is 0 Å². The molecular weight excluding hydrogens is 222 g/mol. The zero-order chi connectivity index (χ0) is 12.4. The van der Waals surface area contributed by atoms with Gasteiger partial charge < -0.3 is 21.1 Å². The number of nitrogens with zero attached hydrogens (tertiary/aromatic N) is 1. The van der Waals surface area contributed by atoms with E-state index in [2.05, 4.69) is 0 Å². The lowest BCUT2D eigenvalue weighted by Crippen LogP contribution is -2.39. The number of amides is 3. The molecule has 1 aliphatic carbocycles. The van der Waals surface area contributed by atoms with E-state index in [1.165, 1.54) is 4.90 Å². The van der Waals surface area contributed by atoms with Crippen LogP contribution in [0.1, 0.15) is 6.42 Å². The molecule has 1 aliphatic heterocycles. The lowest BCUT2D eigenvalue weighted by atomic mass is 9.92. The van der Waals surface area contributed by atoms with E-state index in [4.69, 9.17) is 16.2 Å². The summed E-state index contributed by atoms with van der Waals surface area (Å²) in [5, 5.41) is 0. The normalized spacial score (nSPS) is 23.8. The Morgan fingerprint density at radius 2 is 2.12 bits per heavy atom. The van der Waals surface area contributed by atoms with Crippen LogP contribution in [0.5, 0.6) is 0 Å². The van der Waals surface area contributed by atoms with Crippen LogP contribution in [0.15, 0.2) is 23.5 Å². The summed E-state index contributed by atoms with van der Waals surface area (Å²) in [7, 11) is 0.